The molecule has 0 fully saturated rings. The van der Waals surface area contributed by atoms with Crippen LogP contribution in [0, 0.1) is 0 Å². The van der Waals surface area contributed by atoms with E-state index in [1.165, 1.54) is 6.08 Å². The molecular formula is C27H26N4O4. The van der Waals surface area contributed by atoms with Gasteiger partial charge in [0.15, 0.2) is 5.78 Å². The lowest BCUT2D eigenvalue weighted by molar-refractivity contribution is 0.103. The molecule has 35 heavy (non-hydrogen) atoms. The van der Waals surface area contributed by atoms with Gasteiger partial charge in [0.2, 0.25) is 0 Å². The van der Waals surface area contributed by atoms with E-state index in [0.29, 0.717) is 28.1 Å². The van der Waals surface area contributed by atoms with E-state index in [4.69, 9.17) is 4.74 Å². The third kappa shape index (κ3) is 5.22. The number of hydrogen-bond acceptors (Lipinski definition) is 5. The summed E-state index contributed by atoms with van der Waals surface area (Å²) in [6, 6.07) is 13.7. The first-order valence-electron chi connectivity index (χ1n) is 11.0. The lowest BCUT2D eigenvalue weighted by atomic mass is 9.90. The Morgan fingerprint density at radius 3 is 2.20 bits per heavy atom. The fourth-order valence-electron chi connectivity index (χ4n) is 3.69. The summed E-state index contributed by atoms with van der Waals surface area (Å²) >= 11 is 0. The van der Waals surface area contributed by atoms with Crippen LogP contribution in [0.5, 0.6) is 5.75 Å². The van der Waals surface area contributed by atoms with Crippen LogP contribution in [0.1, 0.15) is 53.6 Å². The van der Waals surface area contributed by atoms with Gasteiger partial charge in [-0.1, -0.05) is 39.0 Å². The van der Waals surface area contributed by atoms with Crippen molar-refractivity contribution in [3.05, 3.63) is 114 Å². The van der Waals surface area contributed by atoms with Gasteiger partial charge in [-0.05, 0) is 48.0 Å². The number of nitrogens with one attached hydrogen (secondary N) is 3. The number of aromatic nitrogens is 4. The molecule has 0 radical (unpaired) electrons. The fraction of sp³-hybridized carbons (Fsp3) is 0.185. The average molecular weight is 471 g/mol. The number of carbonyl (C=O) groups excluding carboxylic acids is 1. The molecule has 0 aliphatic rings. The number of imidazole rings is 1. The lowest BCUT2D eigenvalue weighted by Crippen LogP contribution is -2.46. The highest BCUT2D eigenvalue weighted by Crippen LogP contribution is 2.22. The first kappa shape index (κ1) is 23.7. The molecular weight excluding hydrogens is 444 g/mol. The van der Waals surface area contributed by atoms with E-state index >= 15 is 0 Å². The number of methoxy groups -OCH3 is 1. The maximum absolute atomic E-state index is 12.9. The molecule has 8 heteroatoms. The van der Waals surface area contributed by atoms with Crippen LogP contribution < -0.4 is 26.6 Å². The minimum absolute atomic E-state index is 0.0827. The van der Waals surface area contributed by atoms with Crippen molar-refractivity contribution < 1.29 is 9.53 Å². The predicted octanol–water partition coefficient (Wildman–Crippen LogP) is 1.98. The third-order valence-corrected chi connectivity index (χ3v) is 5.50. The topological polar surface area (TPSA) is 121 Å². The summed E-state index contributed by atoms with van der Waals surface area (Å²) in [5, 5.41) is 0.187. The zero-order valence-corrected chi connectivity index (χ0v) is 19.9. The molecule has 2 heterocycles. The predicted molar refractivity (Wildman–Crippen MR) is 134 cm³/mol. The van der Waals surface area contributed by atoms with Crippen molar-refractivity contribution in [2.45, 2.75) is 26.2 Å². The molecule has 2 aromatic heterocycles. The monoisotopic (exact) mass is 470 g/mol. The van der Waals surface area contributed by atoms with Gasteiger partial charge in [0.1, 0.15) is 16.4 Å². The van der Waals surface area contributed by atoms with Crippen LogP contribution in [-0.4, -0.2) is 32.8 Å². The van der Waals surface area contributed by atoms with Gasteiger partial charge in [-0.2, -0.15) is 0 Å². The van der Waals surface area contributed by atoms with Gasteiger partial charge in [0.25, 0.3) is 11.1 Å². The summed E-state index contributed by atoms with van der Waals surface area (Å²) in [6.45, 7) is 6.07. The fourth-order valence-corrected chi connectivity index (χ4v) is 3.69. The van der Waals surface area contributed by atoms with E-state index in [9.17, 15) is 14.4 Å². The van der Waals surface area contributed by atoms with E-state index in [2.05, 4.69) is 19.9 Å². The van der Waals surface area contributed by atoms with Gasteiger partial charge < -0.3 is 19.7 Å². The number of benzene rings is 2. The Balaban J connectivity index is 1.70. The minimum Gasteiger partial charge on any atom is -0.497 e. The minimum atomic E-state index is -0.462. The Hall–Kier alpha value is -4.46. The molecule has 3 N–H and O–H groups in total. The van der Waals surface area contributed by atoms with E-state index in [0.717, 1.165) is 5.69 Å². The molecule has 2 aromatic carbocycles. The van der Waals surface area contributed by atoms with Gasteiger partial charge in [-0.3, -0.25) is 14.4 Å². The number of ether oxygens (including phenoxy) is 1. The zero-order valence-electron chi connectivity index (χ0n) is 19.9. The number of H-pyrrole nitrogens is 3. The van der Waals surface area contributed by atoms with Crippen LogP contribution in [0.2, 0.25) is 0 Å². The van der Waals surface area contributed by atoms with Crippen LogP contribution in [0.15, 0.2) is 64.4 Å². The van der Waals surface area contributed by atoms with Crippen molar-refractivity contribution in [1.82, 2.24) is 19.9 Å². The Morgan fingerprint density at radius 1 is 0.914 bits per heavy atom. The molecule has 0 saturated carbocycles. The molecule has 0 amide bonds. The normalized spacial score (nSPS) is 12.7. The molecule has 0 saturated heterocycles. The number of carbonyl (C=O) groups is 1. The van der Waals surface area contributed by atoms with Crippen molar-refractivity contribution in [2.75, 3.05) is 7.11 Å². The molecule has 178 valence electrons. The molecule has 0 spiro atoms. The van der Waals surface area contributed by atoms with Gasteiger partial charge >= 0.3 is 0 Å². The number of ketones is 1. The quantitative estimate of drug-likeness (QED) is 0.385. The van der Waals surface area contributed by atoms with Gasteiger partial charge in [-0.15, -0.1) is 0 Å². The smallest absolute Gasteiger partial charge is 0.272 e. The van der Waals surface area contributed by atoms with E-state index < -0.39 is 11.1 Å². The SMILES string of the molecule is COc1ccc(C(=O)c2cccc(/C=c3\[nH]c(=O)/c(=C/c4nc[nH]c4C(C)(C)C)[nH]c3=O)c2)cc1. The van der Waals surface area contributed by atoms with Crippen LogP contribution in [0.4, 0.5) is 0 Å². The second-order valence-corrected chi connectivity index (χ2v) is 9.12. The van der Waals surface area contributed by atoms with Gasteiger partial charge in [0.05, 0.1) is 19.1 Å². The molecule has 0 aliphatic carbocycles. The Labute approximate surface area is 201 Å². The van der Waals surface area contributed by atoms with Crippen molar-refractivity contribution >= 4 is 17.9 Å². The molecule has 4 rings (SSSR count). The largest absolute Gasteiger partial charge is 0.497 e. The Morgan fingerprint density at radius 2 is 1.57 bits per heavy atom. The summed E-state index contributed by atoms with van der Waals surface area (Å²) in [5.74, 6) is 0.498. The number of hydrogen-bond donors (Lipinski definition) is 3. The Kier molecular flexibility index (Phi) is 6.38. The third-order valence-electron chi connectivity index (χ3n) is 5.50. The van der Waals surface area contributed by atoms with Crippen LogP contribution in [-0.2, 0) is 5.41 Å². The Bertz CT molecular complexity index is 1620. The van der Waals surface area contributed by atoms with E-state index in [-0.39, 0.29) is 21.9 Å². The zero-order chi connectivity index (χ0) is 25.2. The van der Waals surface area contributed by atoms with Crippen molar-refractivity contribution in [3.63, 3.8) is 0 Å². The van der Waals surface area contributed by atoms with Crippen molar-refractivity contribution in [2.24, 2.45) is 0 Å². The van der Waals surface area contributed by atoms with Crippen LogP contribution in [0.25, 0.3) is 12.2 Å². The maximum Gasteiger partial charge on any atom is 0.272 e. The van der Waals surface area contributed by atoms with Gasteiger partial charge in [0, 0.05) is 22.2 Å². The second-order valence-electron chi connectivity index (χ2n) is 9.12. The maximum atomic E-state index is 12.9. The highest BCUT2D eigenvalue weighted by molar-refractivity contribution is 6.09. The average Bonchev–Trinajstić information content (AvgIpc) is 3.31. The number of aromatic amines is 3. The van der Waals surface area contributed by atoms with E-state index in [1.54, 1.807) is 68.0 Å². The summed E-state index contributed by atoms with van der Waals surface area (Å²) in [4.78, 5) is 50.9. The summed E-state index contributed by atoms with van der Waals surface area (Å²) in [7, 11) is 1.56. The first-order chi connectivity index (χ1) is 16.7. The molecule has 0 unspecified atom stereocenters. The summed E-state index contributed by atoms with van der Waals surface area (Å²) in [5.41, 5.74) is 1.89. The molecule has 0 aliphatic heterocycles. The number of rotatable bonds is 5. The molecule has 4 aromatic rings. The summed E-state index contributed by atoms with van der Waals surface area (Å²) in [6.07, 6.45) is 4.64. The molecule has 0 bridgehead atoms. The number of nitrogens with zero attached hydrogens (tertiary/aromatic N) is 1. The first-order valence-corrected chi connectivity index (χ1v) is 11.0. The van der Waals surface area contributed by atoms with Gasteiger partial charge in [-0.25, -0.2) is 4.98 Å². The lowest BCUT2D eigenvalue weighted by Gasteiger charge is -2.16. The van der Waals surface area contributed by atoms with Crippen LogP contribution >= 0.6 is 0 Å². The van der Waals surface area contributed by atoms with E-state index in [1.807, 2.05) is 20.8 Å². The second kappa shape index (κ2) is 9.42. The summed E-state index contributed by atoms with van der Waals surface area (Å²) < 4.78 is 5.13. The van der Waals surface area contributed by atoms with Crippen molar-refractivity contribution in [1.29, 1.82) is 0 Å². The molecule has 0 atom stereocenters. The highest BCUT2D eigenvalue weighted by Gasteiger charge is 2.19. The highest BCUT2D eigenvalue weighted by atomic mass is 16.5. The van der Waals surface area contributed by atoms with Crippen LogP contribution in [0.3, 0.4) is 0 Å². The van der Waals surface area contributed by atoms with Crippen molar-refractivity contribution in [3.8, 4) is 5.75 Å². The molecule has 8 nitrogen and oxygen atoms in total. The standard InChI is InChI=1S/C27H26N4O4/c1-27(2,3)24-20(28-15-29-24)14-22-26(34)30-21(25(33)31-22)13-16-6-5-7-18(12-16)23(32)17-8-10-19(35-4)11-9-17/h5-15H,1-4H3,(H,28,29)(H,30,34)(H,31,33)/b21-13-,22-14-.